The second-order valence-electron chi connectivity index (χ2n) is 3.44. The lowest BCUT2D eigenvalue weighted by molar-refractivity contribution is -0.201. The first-order valence-electron chi connectivity index (χ1n) is 4.69. The molecule has 0 saturated heterocycles. The van der Waals surface area contributed by atoms with E-state index in [1.807, 2.05) is 13.8 Å². The van der Waals surface area contributed by atoms with Gasteiger partial charge >= 0.3 is 6.18 Å². The molecule has 1 heterocycles. The molecule has 1 unspecified atom stereocenters. The number of nitrogens with one attached hydrogen (secondary N) is 1. The van der Waals surface area contributed by atoms with Crippen LogP contribution < -0.4 is 5.32 Å². The van der Waals surface area contributed by atoms with Crippen molar-refractivity contribution < 1.29 is 18.3 Å². The Morgan fingerprint density at radius 1 is 1.44 bits per heavy atom. The van der Waals surface area contributed by atoms with Crippen LogP contribution in [0.15, 0.2) is 0 Å². The average Bonchev–Trinajstić information content (AvgIpc) is 2.44. The smallest absolute Gasteiger partial charge is 0.382 e. The molecule has 0 aliphatic rings. The molecule has 0 spiro atoms. The summed E-state index contributed by atoms with van der Waals surface area (Å²) in [6.07, 6.45) is -6.89. The monoisotopic (exact) mass is 254 g/mol. The highest BCUT2D eigenvalue weighted by Gasteiger charge is 2.37. The highest BCUT2D eigenvalue weighted by molar-refractivity contribution is 7.11. The number of hydrogen-bond acceptors (Lipinski definition) is 4. The molecule has 0 aliphatic heterocycles. The molecule has 1 aromatic rings. The van der Waals surface area contributed by atoms with E-state index in [1.165, 1.54) is 11.3 Å². The summed E-state index contributed by atoms with van der Waals surface area (Å²) in [5, 5.41) is 12.0. The first-order valence-corrected chi connectivity index (χ1v) is 5.50. The number of nitrogens with zero attached hydrogens (tertiary/aromatic N) is 1. The maximum absolute atomic E-state index is 11.9. The third-order valence-corrected chi connectivity index (χ3v) is 3.14. The number of rotatable bonds is 4. The highest BCUT2D eigenvalue weighted by atomic mass is 32.1. The number of hydrogen-bond donors (Lipinski definition) is 2. The fourth-order valence-corrected chi connectivity index (χ4v) is 1.95. The van der Waals surface area contributed by atoms with Crippen LogP contribution in [0.4, 0.5) is 13.2 Å². The molecule has 1 atom stereocenters. The Labute approximate surface area is 95.3 Å². The molecule has 3 nitrogen and oxygen atoms in total. The topological polar surface area (TPSA) is 45.2 Å². The van der Waals surface area contributed by atoms with Crippen LogP contribution in [-0.2, 0) is 6.54 Å². The lowest BCUT2D eigenvalue weighted by Gasteiger charge is -2.14. The molecule has 92 valence electrons. The predicted molar refractivity (Wildman–Crippen MR) is 55.4 cm³/mol. The molecule has 0 fully saturated rings. The van der Waals surface area contributed by atoms with Crippen LogP contribution in [0.3, 0.4) is 0 Å². The summed E-state index contributed by atoms with van der Waals surface area (Å²) < 4.78 is 35.8. The molecule has 0 amide bonds. The van der Waals surface area contributed by atoms with E-state index in [1.54, 1.807) is 0 Å². The molecular formula is C9H13F3N2OS. The van der Waals surface area contributed by atoms with E-state index in [4.69, 9.17) is 5.11 Å². The second-order valence-corrected chi connectivity index (χ2v) is 4.73. The molecule has 1 rings (SSSR count). The van der Waals surface area contributed by atoms with Gasteiger partial charge in [0.15, 0.2) is 6.10 Å². The number of aryl methyl sites for hydroxylation is 2. The van der Waals surface area contributed by atoms with Crippen molar-refractivity contribution in [3.05, 3.63) is 15.6 Å². The molecular weight excluding hydrogens is 241 g/mol. The number of aliphatic hydroxyl groups excluding tert-OH is 1. The summed E-state index contributed by atoms with van der Waals surface area (Å²) in [7, 11) is 0. The minimum atomic E-state index is -4.57. The number of halogens is 3. The SMILES string of the molecule is Cc1nc(CNCC(O)C(F)(F)F)sc1C. The molecule has 2 N–H and O–H groups in total. The average molecular weight is 254 g/mol. The predicted octanol–water partition coefficient (Wildman–Crippen LogP) is 1.77. The van der Waals surface area contributed by atoms with Gasteiger partial charge in [-0.15, -0.1) is 11.3 Å². The summed E-state index contributed by atoms with van der Waals surface area (Å²) in [4.78, 5) is 5.21. The van der Waals surface area contributed by atoms with Gasteiger partial charge in [-0.2, -0.15) is 13.2 Å². The summed E-state index contributed by atoms with van der Waals surface area (Å²) in [6.45, 7) is 3.48. The number of thiazole rings is 1. The van der Waals surface area contributed by atoms with Crippen molar-refractivity contribution in [2.24, 2.45) is 0 Å². The van der Waals surface area contributed by atoms with Gasteiger partial charge in [0, 0.05) is 18.0 Å². The molecule has 0 bridgehead atoms. The van der Waals surface area contributed by atoms with Gasteiger partial charge in [0.05, 0.1) is 5.69 Å². The van der Waals surface area contributed by atoms with E-state index in [0.717, 1.165) is 15.6 Å². The van der Waals surface area contributed by atoms with Crippen LogP contribution in [0.2, 0.25) is 0 Å². The van der Waals surface area contributed by atoms with Crippen molar-refractivity contribution in [3.8, 4) is 0 Å². The molecule has 0 saturated carbocycles. The van der Waals surface area contributed by atoms with Crippen LogP contribution in [-0.4, -0.2) is 28.9 Å². The van der Waals surface area contributed by atoms with Crippen LogP contribution in [0.1, 0.15) is 15.6 Å². The van der Waals surface area contributed by atoms with Gasteiger partial charge < -0.3 is 10.4 Å². The van der Waals surface area contributed by atoms with E-state index in [9.17, 15) is 13.2 Å². The first kappa shape index (κ1) is 13.4. The lowest BCUT2D eigenvalue weighted by Crippen LogP contribution is -2.38. The van der Waals surface area contributed by atoms with Crippen LogP contribution in [0.25, 0.3) is 0 Å². The molecule has 0 aromatic carbocycles. The number of alkyl halides is 3. The molecule has 1 aromatic heterocycles. The Morgan fingerprint density at radius 2 is 2.06 bits per heavy atom. The molecule has 7 heteroatoms. The van der Waals surface area contributed by atoms with Gasteiger partial charge in [-0.1, -0.05) is 0 Å². The van der Waals surface area contributed by atoms with E-state index < -0.39 is 18.8 Å². The maximum atomic E-state index is 11.9. The van der Waals surface area contributed by atoms with E-state index in [-0.39, 0.29) is 6.54 Å². The first-order chi connectivity index (χ1) is 7.30. The molecule has 0 radical (unpaired) electrons. The maximum Gasteiger partial charge on any atom is 0.415 e. The third-order valence-electron chi connectivity index (χ3n) is 2.06. The van der Waals surface area contributed by atoms with Crippen molar-refractivity contribution in [1.29, 1.82) is 0 Å². The van der Waals surface area contributed by atoms with E-state index in [2.05, 4.69) is 10.3 Å². The van der Waals surface area contributed by atoms with Gasteiger partial charge in [-0.25, -0.2) is 4.98 Å². The zero-order valence-electron chi connectivity index (χ0n) is 8.93. The normalized spacial score (nSPS) is 14.1. The Kier molecular flexibility index (Phi) is 4.28. The highest BCUT2D eigenvalue weighted by Crippen LogP contribution is 2.20. The summed E-state index contributed by atoms with van der Waals surface area (Å²) in [5.41, 5.74) is 0.887. The van der Waals surface area contributed by atoms with Gasteiger partial charge in [0.25, 0.3) is 0 Å². The van der Waals surface area contributed by atoms with Gasteiger partial charge in [0.2, 0.25) is 0 Å². The molecule has 0 aliphatic carbocycles. The standard InChI is InChI=1S/C9H13F3N2OS/c1-5-6(2)16-8(14-5)4-13-3-7(15)9(10,11)12/h7,13,15H,3-4H2,1-2H3. The fourth-order valence-electron chi connectivity index (χ4n) is 1.05. The van der Waals surface area contributed by atoms with Crippen LogP contribution >= 0.6 is 11.3 Å². The second kappa shape index (κ2) is 5.11. The Bertz CT molecular complexity index is 332. The zero-order valence-corrected chi connectivity index (χ0v) is 9.74. The summed E-state index contributed by atoms with van der Waals surface area (Å²) in [5.74, 6) is 0. The van der Waals surface area contributed by atoms with Crippen LogP contribution in [0.5, 0.6) is 0 Å². The van der Waals surface area contributed by atoms with Gasteiger partial charge in [0.1, 0.15) is 5.01 Å². The van der Waals surface area contributed by atoms with Crippen molar-refractivity contribution >= 4 is 11.3 Å². The number of aromatic nitrogens is 1. The summed E-state index contributed by atoms with van der Waals surface area (Å²) in [6, 6.07) is 0. The Morgan fingerprint density at radius 3 is 2.50 bits per heavy atom. The minimum Gasteiger partial charge on any atom is -0.382 e. The largest absolute Gasteiger partial charge is 0.415 e. The molecule has 16 heavy (non-hydrogen) atoms. The van der Waals surface area contributed by atoms with Crippen molar-refractivity contribution in [3.63, 3.8) is 0 Å². The third kappa shape index (κ3) is 3.73. The minimum absolute atomic E-state index is 0.243. The quantitative estimate of drug-likeness (QED) is 0.860. The van der Waals surface area contributed by atoms with Crippen molar-refractivity contribution in [1.82, 2.24) is 10.3 Å². The van der Waals surface area contributed by atoms with Crippen molar-refractivity contribution in [2.45, 2.75) is 32.7 Å². The van der Waals surface area contributed by atoms with E-state index in [0.29, 0.717) is 0 Å². The Hall–Kier alpha value is -0.660. The van der Waals surface area contributed by atoms with Crippen LogP contribution in [0, 0.1) is 13.8 Å². The zero-order chi connectivity index (χ0) is 12.3. The summed E-state index contributed by atoms with van der Waals surface area (Å²) >= 11 is 1.44. The van der Waals surface area contributed by atoms with Crippen molar-refractivity contribution in [2.75, 3.05) is 6.54 Å². The Balaban J connectivity index is 2.36. The van der Waals surface area contributed by atoms with Gasteiger partial charge in [-0.3, -0.25) is 0 Å². The van der Waals surface area contributed by atoms with E-state index >= 15 is 0 Å². The van der Waals surface area contributed by atoms with Gasteiger partial charge in [-0.05, 0) is 13.8 Å². The lowest BCUT2D eigenvalue weighted by atomic mass is 10.3. The fraction of sp³-hybridized carbons (Fsp3) is 0.667. The number of aliphatic hydroxyl groups is 1.